The Morgan fingerprint density at radius 2 is 1.95 bits per heavy atom. The normalized spacial score (nSPS) is 25.1. The molecule has 102 valence electrons. The molecule has 2 aliphatic rings. The summed E-state index contributed by atoms with van der Waals surface area (Å²) in [7, 11) is 0. The van der Waals surface area contributed by atoms with Crippen LogP contribution in [0.3, 0.4) is 0 Å². The summed E-state index contributed by atoms with van der Waals surface area (Å²) in [5, 5.41) is 0. The van der Waals surface area contributed by atoms with Crippen molar-refractivity contribution in [3.8, 4) is 0 Å². The van der Waals surface area contributed by atoms with Gasteiger partial charge in [0.2, 0.25) is 0 Å². The molecule has 1 aromatic heterocycles. The molecule has 2 unspecified atom stereocenters. The van der Waals surface area contributed by atoms with Crippen molar-refractivity contribution in [2.45, 2.75) is 12.8 Å². The van der Waals surface area contributed by atoms with E-state index in [9.17, 15) is 4.79 Å². The lowest BCUT2D eigenvalue weighted by Crippen LogP contribution is -2.28. The molecule has 4 heteroatoms. The van der Waals surface area contributed by atoms with E-state index in [0.717, 1.165) is 42.5 Å². The minimum Gasteiger partial charge on any atom is -0.345 e. The number of nitrogens with zero attached hydrogens (tertiary/aromatic N) is 2. The zero-order valence-electron chi connectivity index (χ0n) is 11.2. The first-order chi connectivity index (χ1) is 9.81. The highest BCUT2D eigenvalue weighted by Gasteiger charge is 2.35. The van der Waals surface area contributed by atoms with E-state index in [1.165, 1.54) is 0 Å². The molecule has 0 bridgehead atoms. The van der Waals surface area contributed by atoms with E-state index in [-0.39, 0.29) is 5.91 Å². The van der Waals surface area contributed by atoms with E-state index in [1.54, 1.807) is 6.33 Å². The van der Waals surface area contributed by atoms with Crippen LogP contribution >= 0.6 is 0 Å². The van der Waals surface area contributed by atoms with Gasteiger partial charge in [0.05, 0.1) is 17.4 Å². The fourth-order valence-corrected chi connectivity index (χ4v) is 3.43. The van der Waals surface area contributed by atoms with Crippen molar-refractivity contribution >= 4 is 16.9 Å². The Morgan fingerprint density at radius 1 is 1.20 bits per heavy atom. The molecule has 1 amide bonds. The predicted molar refractivity (Wildman–Crippen MR) is 77.4 cm³/mol. The number of carbonyl (C=O) groups excluding carboxylic acids is 1. The topological polar surface area (TPSA) is 49.0 Å². The monoisotopic (exact) mass is 267 g/mol. The molecular formula is C16H17N3O. The van der Waals surface area contributed by atoms with Crippen LogP contribution in [0.15, 0.2) is 36.7 Å². The second-order valence-corrected chi connectivity index (χ2v) is 5.81. The van der Waals surface area contributed by atoms with E-state index < -0.39 is 0 Å². The number of nitrogens with one attached hydrogen (secondary N) is 1. The van der Waals surface area contributed by atoms with Gasteiger partial charge in [-0.15, -0.1) is 0 Å². The standard InChI is InChI=1S/C16H17N3O/c20-16(11-5-6-14-15(7-11)18-10-17-14)19-8-12-3-1-2-4-13(12)9-19/h1-2,5-7,10,12-13H,3-4,8-9H2,(H,17,18). The molecule has 1 N–H and O–H groups in total. The minimum absolute atomic E-state index is 0.149. The molecule has 2 heterocycles. The SMILES string of the molecule is O=C(c1ccc2nc[nH]c2c1)N1CC2CC=CCC2C1. The molecule has 1 aliphatic carbocycles. The maximum Gasteiger partial charge on any atom is 0.253 e. The highest BCUT2D eigenvalue weighted by atomic mass is 16.2. The van der Waals surface area contributed by atoms with Gasteiger partial charge in [0, 0.05) is 18.7 Å². The fraction of sp³-hybridized carbons (Fsp3) is 0.375. The summed E-state index contributed by atoms with van der Waals surface area (Å²) in [5.74, 6) is 1.45. The van der Waals surface area contributed by atoms with Crippen LogP contribution in [0.5, 0.6) is 0 Å². The first-order valence-electron chi connectivity index (χ1n) is 7.18. The average Bonchev–Trinajstić information content (AvgIpc) is 3.11. The molecule has 20 heavy (non-hydrogen) atoms. The number of imidazole rings is 1. The molecular weight excluding hydrogens is 250 g/mol. The van der Waals surface area contributed by atoms with E-state index >= 15 is 0 Å². The van der Waals surface area contributed by atoms with Crippen LogP contribution in [0.4, 0.5) is 0 Å². The van der Waals surface area contributed by atoms with E-state index in [1.807, 2.05) is 23.1 Å². The third-order valence-corrected chi connectivity index (χ3v) is 4.58. The van der Waals surface area contributed by atoms with Crippen LogP contribution in [0, 0.1) is 11.8 Å². The predicted octanol–water partition coefficient (Wildman–Crippen LogP) is 2.60. The van der Waals surface area contributed by atoms with Gasteiger partial charge in [-0.25, -0.2) is 4.98 Å². The summed E-state index contributed by atoms with van der Waals surface area (Å²) in [5.41, 5.74) is 2.59. The van der Waals surface area contributed by atoms with Gasteiger partial charge in [0.25, 0.3) is 5.91 Å². The number of carbonyl (C=O) groups is 1. The Bertz CT molecular complexity index is 672. The average molecular weight is 267 g/mol. The number of likely N-dealkylation sites (tertiary alicyclic amines) is 1. The third-order valence-electron chi connectivity index (χ3n) is 4.58. The molecule has 0 saturated carbocycles. The first kappa shape index (κ1) is 11.7. The highest BCUT2D eigenvalue weighted by Crippen LogP contribution is 2.33. The van der Waals surface area contributed by atoms with E-state index in [2.05, 4.69) is 22.1 Å². The quantitative estimate of drug-likeness (QED) is 0.807. The van der Waals surface area contributed by atoms with Crippen LogP contribution in [-0.4, -0.2) is 33.9 Å². The van der Waals surface area contributed by atoms with Crippen LogP contribution in [0.2, 0.25) is 0 Å². The maximum atomic E-state index is 12.6. The number of H-pyrrole nitrogens is 1. The van der Waals surface area contributed by atoms with Crippen LogP contribution in [0.1, 0.15) is 23.2 Å². The number of benzene rings is 1. The Hall–Kier alpha value is -2.10. The molecule has 4 rings (SSSR count). The molecule has 1 aliphatic heterocycles. The van der Waals surface area contributed by atoms with Crippen molar-refractivity contribution in [3.05, 3.63) is 42.2 Å². The summed E-state index contributed by atoms with van der Waals surface area (Å²) >= 11 is 0. The molecule has 1 saturated heterocycles. The van der Waals surface area contributed by atoms with Crippen LogP contribution in [-0.2, 0) is 0 Å². The molecule has 0 radical (unpaired) electrons. The fourth-order valence-electron chi connectivity index (χ4n) is 3.43. The number of allylic oxidation sites excluding steroid dienone is 2. The summed E-state index contributed by atoms with van der Waals surface area (Å²) in [6.45, 7) is 1.80. The van der Waals surface area contributed by atoms with Gasteiger partial charge in [0.1, 0.15) is 0 Å². The van der Waals surface area contributed by atoms with Gasteiger partial charge >= 0.3 is 0 Å². The second kappa shape index (κ2) is 4.47. The largest absolute Gasteiger partial charge is 0.345 e. The molecule has 2 aromatic rings. The first-order valence-corrected chi connectivity index (χ1v) is 7.18. The van der Waals surface area contributed by atoms with Gasteiger partial charge in [-0.05, 0) is 42.9 Å². The Balaban J connectivity index is 1.58. The maximum absolute atomic E-state index is 12.6. The number of aromatic nitrogens is 2. The molecule has 1 fully saturated rings. The van der Waals surface area contributed by atoms with Gasteiger partial charge in [-0.3, -0.25) is 4.79 Å². The van der Waals surface area contributed by atoms with Crippen molar-refractivity contribution in [1.82, 2.24) is 14.9 Å². The van der Waals surface area contributed by atoms with Crippen LogP contribution in [0.25, 0.3) is 11.0 Å². The van der Waals surface area contributed by atoms with E-state index in [4.69, 9.17) is 0 Å². The van der Waals surface area contributed by atoms with Crippen molar-refractivity contribution in [2.75, 3.05) is 13.1 Å². The minimum atomic E-state index is 0.149. The Kier molecular flexibility index (Phi) is 2.62. The summed E-state index contributed by atoms with van der Waals surface area (Å²) in [4.78, 5) is 21.9. The lowest BCUT2D eigenvalue weighted by Gasteiger charge is -2.17. The van der Waals surface area contributed by atoms with Gasteiger partial charge in [0.15, 0.2) is 0 Å². The van der Waals surface area contributed by atoms with E-state index in [0.29, 0.717) is 11.8 Å². The van der Waals surface area contributed by atoms with Crippen molar-refractivity contribution in [3.63, 3.8) is 0 Å². The van der Waals surface area contributed by atoms with Crippen LogP contribution < -0.4 is 0 Å². The Labute approximate surface area is 117 Å². The number of hydrogen-bond donors (Lipinski definition) is 1. The number of aromatic amines is 1. The second-order valence-electron chi connectivity index (χ2n) is 5.81. The lowest BCUT2D eigenvalue weighted by molar-refractivity contribution is 0.0784. The smallest absolute Gasteiger partial charge is 0.253 e. The van der Waals surface area contributed by atoms with Crippen molar-refractivity contribution in [2.24, 2.45) is 11.8 Å². The number of rotatable bonds is 1. The van der Waals surface area contributed by atoms with Gasteiger partial charge in [-0.1, -0.05) is 12.2 Å². The molecule has 4 nitrogen and oxygen atoms in total. The highest BCUT2D eigenvalue weighted by molar-refractivity contribution is 5.97. The van der Waals surface area contributed by atoms with Gasteiger partial charge in [-0.2, -0.15) is 0 Å². The lowest BCUT2D eigenvalue weighted by atomic mass is 9.86. The number of hydrogen-bond acceptors (Lipinski definition) is 2. The zero-order valence-corrected chi connectivity index (χ0v) is 11.2. The van der Waals surface area contributed by atoms with Crippen molar-refractivity contribution < 1.29 is 4.79 Å². The Morgan fingerprint density at radius 3 is 2.70 bits per heavy atom. The molecule has 1 aromatic carbocycles. The summed E-state index contributed by atoms with van der Waals surface area (Å²) in [6.07, 6.45) is 8.41. The third kappa shape index (κ3) is 1.83. The number of amides is 1. The van der Waals surface area contributed by atoms with Crippen molar-refractivity contribution in [1.29, 1.82) is 0 Å². The summed E-state index contributed by atoms with van der Waals surface area (Å²) in [6, 6.07) is 5.69. The molecule has 0 spiro atoms. The zero-order chi connectivity index (χ0) is 13.5. The molecule has 2 atom stereocenters. The van der Waals surface area contributed by atoms with Gasteiger partial charge < -0.3 is 9.88 Å². The number of fused-ring (bicyclic) bond motifs is 2. The summed E-state index contributed by atoms with van der Waals surface area (Å²) < 4.78 is 0.